The zero-order valence-electron chi connectivity index (χ0n) is 13.8. The molecule has 24 heavy (non-hydrogen) atoms. The first kappa shape index (κ1) is 18.4. The molecule has 0 radical (unpaired) electrons. The fourth-order valence-electron chi connectivity index (χ4n) is 1.76. The van der Waals surface area contributed by atoms with Gasteiger partial charge < -0.3 is 5.32 Å². The van der Waals surface area contributed by atoms with Crippen molar-refractivity contribution in [2.75, 3.05) is 16.4 Å². The minimum Gasteiger partial charge on any atom is -0.325 e. The van der Waals surface area contributed by atoms with Gasteiger partial charge in [0.05, 0.1) is 11.0 Å². The molecule has 0 spiro atoms. The fourth-order valence-corrected chi connectivity index (χ4v) is 3.13. The van der Waals surface area contributed by atoms with Crippen molar-refractivity contribution in [1.29, 1.82) is 0 Å². The molecule has 0 aliphatic carbocycles. The number of hydrogen-bond acceptors (Lipinski definition) is 6. The van der Waals surface area contributed by atoms with Crippen LogP contribution in [0.25, 0.3) is 0 Å². The monoisotopic (exact) mass is 364 g/mol. The number of anilines is 2. The number of nitrogens with one attached hydrogen (secondary N) is 2. The summed E-state index contributed by atoms with van der Waals surface area (Å²) in [6, 6.07) is 7.58. The number of benzene rings is 1. The molecule has 2 rings (SSSR count). The number of aromatic nitrogens is 2. The Hall–Kier alpha value is -1.93. The summed E-state index contributed by atoms with van der Waals surface area (Å²) >= 11 is 2.64. The summed E-state index contributed by atoms with van der Waals surface area (Å²) in [5, 5.41) is 14.4. The summed E-state index contributed by atoms with van der Waals surface area (Å²) in [5.74, 6) is -0.103. The van der Waals surface area contributed by atoms with E-state index in [1.807, 2.05) is 38.1 Å². The maximum absolute atomic E-state index is 12.1. The van der Waals surface area contributed by atoms with Crippen molar-refractivity contribution in [3.63, 3.8) is 0 Å². The van der Waals surface area contributed by atoms with Crippen LogP contribution in [0.3, 0.4) is 0 Å². The lowest BCUT2D eigenvalue weighted by molar-refractivity contribution is -0.115. The molecule has 0 saturated carbocycles. The molecule has 2 N–H and O–H groups in total. The van der Waals surface area contributed by atoms with E-state index < -0.39 is 0 Å². The van der Waals surface area contributed by atoms with Crippen molar-refractivity contribution in [3.8, 4) is 0 Å². The zero-order valence-corrected chi connectivity index (χ0v) is 15.5. The Kier molecular flexibility index (Phi) is 6.74. The molecule has 0 saturated heterocycles. The normalized spacial score (nSPS) is 11.8. The molecule has 0 aliphatic heterocycles. The molecule has 0 fully saturated rings. The van der Waals surface area contributed by atoms with Gasteiger partial charge >= 0.3 is 0 Å². The minimum absolute atomic E-state index is 0.132. The van der Waals surface area contributed by atoms with Crippen molar-refractivity contribution in [2.45, 2.75) is 32.4 Å². The lowest BCUT2D eigenvalue weighted by atomic mass is 10.2. The average molecular weight is 364 g/mol. The predicted octanol–water partition coefficient (Wildman–Crippen LogP) is 3.11. The van der Waals surface area contributed by atoms with Crippen molar-refractivity contribution in [3.05, 3.63) is 34.8 Å². The molecule has 0 aliphatic rings. The average Bonchev–Trinajstić information content (AvgIpc) is 3.02. The Morgan fingerprint density at radius 1 is 1.21 bits per heavy atom. The first-order valence-electron chi connectivity index (χ1n) is 7.59. The van der Waals surface area contributed by atoms with Gasteiger partial charge in [0.25, 0.3) is 0 Å². The highest BCUT2D eigenvalue weighted by molar-refractivity contribution is 8.01. The van der Waals surface area contributed by atoms with Crippen LogP contribution < -0.4 is 10.6 Å². The van der Waals surface area contributed by atoms with E-state index in [1.54, 1.807) is 6.92 Å². The number of amides is 2. The first-order valence-corrected chi connectivity index (χ1v) is 9.45. The topological polar surface area (TPSA) is 84.0 Å². The number of nitrogens with zero attached hydrogens (tertiary/aromatic N) is 2. The molecule has 0 bridgehead atoms. The summed E-state index contributed by atoms with van der Waals surface area (Å²) in [7, 11) is 0. The largest absolute Gasteiger partial charge is 0.325 e. The van der Waals surface area contributed by atoms with E-state index in [1.165, 1.54) is 23.1 Å². The highest BCUT2D eigenvalue weighted by Crippen LogP contribution is 2.18. The number of aryl methyl sites for hydroxylation is 2. The molecule has 2 aromatic rings. The smallest absolute Gasteiger partial charge is 0.239 e. The number of thioether (sulfide) groups is 1. The van der Waals surface area contributed by atoms with E-state index >= 15 is 0 Å². The highest BCUT2D eigenvalue weighted by Gasteiger charge is 2.17. The summed E-state index contributed by atoms with van der Waals surface area (Å²) in [6.45, 7) is 5.74. The second-order valence-corrected chi connectivity index (χ2v) is 7.60. The Bertz CT molecular complexity index is 700. The highest BCUT2D eigenvalue weighted by atomic mass is 32.2. The third-order valence-corrected chi connectivity index (χ3v) is 5.29. The molecule has 1 heterocycles. The van der Waals surface area contributed by atoms with E-state index in [0.717, 1.165) is 22.7 Å². The molecule has 0 unspecified atom stereocenters. The molecular formula is C16H20N4O2S2. The van der Waals surface area contributed by atoms with Gasteiger partial charge in [0.1, 0.15) is 5.01 Å². The van der Waals surface area contributed by atoms with Gasteiger partial charge in [-0.05, 0) is 32.4 Å². The van der Waals surface area contributed by atoms with Crippen LogP contribution in [0.1, 0.15) is 24.4 Å². The molecule has 1 aromatic carbocycles. The Balaban J connectivity index is 1.76. The quantitative estimate of drug-likeness (QED) is 0.789. The van der Waals surface area contributed by atoms with Gasteiger partial charge in [-0.25, -0.2) is 0 Å². The molecule has 6 nitrogen and oxygen atoms in total. The fraction of sp³-hybridized carbons (Fsp3) is 0.375. The number of carbonyl (C=O) groups excluding carboxylic acids is 2. The molecule has 8 heteroatoms. The van der Waals surface area contributed by atoms with Crippen LogP contribution in [-0.2, 0) is 16.0 Å². The van der Waals surface area contributed by atoms with Gasteiger partial charge in [0.2, 0.25) is 16.9 Å². The summed E-state index contributed by atoms with van der Waals surface area (Å²) in [6.07, 6.45) is 0.789. The van der Waals surface area contributed by atoms with E-state index in [4.69, 9.17) is 0 Å². The second kappa shape index (κ2) is 8.79. The van der Waals surface area contributed by atoms with Crippen LogP contribution in [0.15, 0.2) is 24.3 Å². The molecule has 1 atom stereocenters. The van der Waals surface area contributed by atoms with Crippen molar-refractivity contribution < 1.29 is 9.59 Å². The van der Waals surface area contributed by atoms with Crippen LogP contribution in [0.2, 0.25) is 0 Å². The van der Waals surface area contributed by atoms with Crippen molar-refractivity contribution >= 4 is 45.7 Å². The molecular weight excluding hydrogens is 344 g/mol. The first-order chi connectivity index (χ1) is 11.5. The molecule has 128 valence electrons. The van der Waals surface area contributed by atoms with E-state index in [0.29, 0.717) is 5.13 Å². The number of hydrogen-bond donors (Lipinski definition) is 2. The van der Waals surface area contributed by atoms with E-state index in [-0.39, 0.29) is 22.8 Å². The summed E-state index contributed by atoms with van der Waals surface area (Å²) < 4.78 is 0. The Morgan fingerprint density at radius 2 is 1.92 bits per heavy atom. The van der Waals surface area contributed by atoms with Gasteiger partial charge in [-0.1, -0.05) is 36.0 Å². The molecule has 2 amide bonds. The lowest BCUT2D eigenvalue weighted by Crippen LogP contribution is -2.25. The third-order valence-electron chi connectivity index (χ3n) is 3.17. The summed E-state index contributed by atoms with van der Waals surface area (Å²) in [4.78, 5) is 24.0. The van der Waals surface area contributed by atoms with Crippen LogP contribution in [0, 0.1) is 6.92 Å². The van der Waals surface area contributed by atoms with Gasteiger partial charge in [0.15, 0.2) is 0 Å². The van der Waals surface area contributed by atoms with Gasteiger partial charge in [0, 0.05) is 5.69 Å². The standard InChI is InChI=1S/C16H20N4O2S2/c1-4-14-19-20-16(24-14)18-15(22)11(3)23-9-13(21)17-12-7-5-10(2)6-8-12/h5-8,11H,4,9H2,1-3H3,(H,17,21)(H,18,20,22)/t11-/m1/s1. The Morgan fingerprint density at radius 3 is 2.54 bits per heavy atom. The number of carbonyl (C=O) groups is 2. The second-order valence-electron chi connectivity index (χ2n) is 5.21. The van der Waals surface area contributed by atoms with Gasteiger partial charge in [-0.3, -0.25) is 14.9 Å². The SMILES string of the molecule is CCc1nnc(NC(=O)[C@@H](C)SCC(=O)Nc2ccc(C)cc2)s1. The molecule has 1 aromatic heterocycles. The maximum atomic E-state index is 12.1. The van der Waals surface area contributed by atoms with Crippen LogP contribution in [0.5, 0.6) is 0 Å². The number of rotatable bonds is 7. The van der Waals surface area contributed by atoms with Gasteiger partial charge in [-0.2, -0.15) is 0 Å². The minimum atomic E-state index is -0.359. The van der Waals surface area contributed by atoms with Crippen LogP contribution >= 0.6 is 23.1 Å². The lowest BCUT2D eigenvalue weighted by Gasteiger charge is -2.10. The predicted molar refractivity (Wildman–Crippen MR) is 99.6 cm³/mol. The third kappa shape index (κ3) is 5.61. The van der Waals surface area contributed by atoms with Gasteiger partial charge in [-0.15, -0.1) is 22.0 Å². The van der Waals surface area contributed by atoms with Crippen molar-refractivity contribution in [2.24, 2.45) is 0 Å². The maximum Gasteiger partial charge on any atom is 0.239 e. The zero-order chi connectivity index (χ0) is 17.5. The van der Waals surface area contributed by atoms with E-state index in [9.17, 15) is 9.59 Å². The van der Waals surface area contributed by atoms with Crippen LogP contribution in [0.4, 0.5) is 10.8 Å². The van der Waals surface area contributed by atoms with Crippen LogP contribution in [-0.4, -0.2) is 33.0 Å². The van der Waals surface area contributed by atoms with E-state index in [2.05, 4.69) is 20.8 Å². The summed E-state index contributed by atoms with van der Waals surface area (Å²) in [5.41, 5.74) is 1.89. The van der Waals surface area contributed by atoms with Crippen molar-refractivity contribution in [1.82, 2.24) is 10.2 Å². The Labute approximate surface area is 149 Å².